The largest absolute Gasteiger partial charge is 0.192 e. The second kappa shape index (κ2) is 7.62. The maximum Gasteiger partial charge on any atom is 0.100 e. The van der Waals surface area contributed by atoms with E-state index in [0.717, 1.165) is 33.4 Å². The summed E-state index contributed by atoms with van der Waals surface area (Å²) in [4.78, 5) is 0. The fourth-order valence-electron chi connectivity index (χ4n) is 3.38. The van der Waals surface area contributed by atoms with E-state index in [1.54, 1.807) is 0 Å². The Hall–Kier alpha value is -4.14. The minimum atomic E-state index is 0.641. The topological polar surface area (TPSA) is 47.6 Å². The van der Waals surface area contributed by atoms with Crippen LogP contribution >= 0.6 is 0 Å². The molecular formula is C26H16N2. The molecule has 0 aliphatic heterocycles. The van der Waals surface area contributed by atoms with Crippen LogP contribution in [-0.2, 0) is 0 Å². The van der Waals surface area contributed by atoms with Crippen molar-refractivity contribution in [2.75, 3.05) is 0 Å². The normalized spacial score (nSPS) is 10.1. The summed E-state index contributed by atoms with van der Waals surface area (Å²) < 4.78 is 0. The van der Waals surface area contributed by atoms with Gasteiger partial charge in [0.15, 0.2) is 0 Å². The van der Waals surface area contributed by atoms with Gasteiger partial charge in [0.25, 0.3) is 0 Å². The molecule has 0 saturated carbocycles. The number of nitrogens with zero attached hydrogens (tertiary/aromatic N) is 2. The molecule has 0 N–H and O–H groups in total. The Kier molecular flexibility index (Phi) is 4.70. The predicted molar refractivity (Wildman–Crippen MR) is 112 cm³/mol. The molecule has 0 atom stereocenters. The average molecular weight is 356 g/mol. The maximum atomic E-state index is 9.89. The van der Waals surface area contributed by atoms with Gasteiger partial charge >= 0.3 is 0 Å². The third-order valence-corrected chi connectivity index (χ3v) is 4.78. The molecule has 4 aromatic rings. The molecule has 0 heterocycles. The van der Waals surface area contributed by atoms with E-state index in [4.69, 9.17) is 5.26 Å². The average Bonchev–Trinajstić information content (AvgIpc) is 2.79. The van der Waals surface area contributed by atoms with Crippen LogP contribution in [0.15, 0.2) is 97.1 Å². The third-order valence-electron chi connectivity index (χ3n) is 4.78. The fraction of sp³-hybridized carbons (Fsp3) is 0. The summed E-state index contributed by atoms with van der Waals surface area (Å²) in [6, 6.07) is 36.2. The number of nitriles is 2. The van der Waals surface area contributed by atoms with Gasteiger partial charge in [0.1, 0.15) is 6.07 Å². The van der Waals surface area contributed by atoms with Crippen molar-refractivity contribution in [1.29, 1.82) is 10.5 Å². The summed E-state index contributed by atoms with van der Waals surface area (Å²) in [5.74, 6) is 0. The Balaban J connectivity index is 1.82. The van der Waals surface area contributed by atoms with Gasteiger partial charge in [0.2, 0.25) is 0 Å². The molecule has 0 bridgehead atoms. The highest BCUT2D eigenvalue weighted by molar-refractivity contribution is 5.83. The zero-order chi connectivity index (χ0) is 19.3. The highest BCUT2D eigenvalue weighted by Gasteiger charge is 2.12. The minimum Gasteiger partial charge on any atom is -0.192 e. The lowest BCUT2D eigenvalue weighted by Crippen LogP contribution is -1.90. The van der Waals surface area contributed by atoms with E-state index in [0.29, 0.717) is 11.1 Å². The van der Waals surface area contributed by atoms with Gasteiger partial charge in [0, 0.05) is 11.1 Å². The molecule has 0 saturated heterocycles. The minimum absolute atomic E-state index is 0.641. The van der Waals surface area contributed by atoms with Crippen molar-refractivity contribution in [2.45, 2.75) is 0 Å². The molecule has 0 aliphatic carbocycles. The van der Waals surface area contributed by atoms with Crippen LogP contribution in [0.1, 0.15) is 11.1 Å². The quantitative estimate of drug-likeness (QED) is 0.424. The molecule has 4 rings (SSSR count). The summed E-state index contributed by atoms with van der Waals surface area (Å²) in [6.45, 7) is 0. The lowest BCUT2D eigenvalue weighted by molar-refractivity contribution is 1.47. The molecule has 0 unspecified atom stereocenters. The molecule has 0 aliphatic rings. The Morgan fingerprint density at radius 2 is 1.07 bits per heavy atom. The summed E-state index contributed by atoms with van der Waals surface area (Å²) in [5.41, 5.74) is 7.28. The molecule has 2 nitrogen and oxygen atoms in total. The van der Waals surface area contributed by atoms with Crippen molar-refractivity contribution in [3.63, 3.8) is 0 Å². The van der Waals surface area contributed by atoms with Crippen molar-refractivity contribution in [2.24, 2.45) is 0 Å². The Morgan fingerprint density at radius 3 is 1.75 bits per heavy atom. The van der Waals surface area contributed by atoms with E-state index in [1.807, 2.05) is 91.0 Å². The second-order valence-corrected chi connectivity index (χ2v) is 6.48. The Labute approximate surface area is 164 Å². The van der Waals surface area contributed by atoms with Crippen LogP contribution < -0.4 is 0 Å². The Morgan fingerprint density at radius 1 is 0.464 bits per heavy atom. The summed E-state index contributed by atoms with van der Waals surface area (Å²) in [7, 11) is 0. The van der Waals surface area contributed by atoms with E-state index >= 15 is 0 Å². The second-order valence-electron chi connectivity index (χ2n) is 6.48. The molecule has 0 aromatic heterocycles. The first-order chi connectivity index (χ1) is 13.8. The van der Waals surface area contributed by atoms with Crippen LogP contribution in [0.3, 0.4) is 0 Å². The first-order valence-electron chi connectivity index (χ1n) is 8.99. The molecule has 0 radical (unpaired) electrons. The number of rotatable bonds is 3. The molecule has 0 amide bonds. The molecular weight excluding hydrogens is 340 g/mol. The fourth-order valence-corrected chi connectivity index (χ4v) is 3.38. The van der Waals surface area contributed by atoms with Crippen molar-refractivity contribution in [3.05, 3.63) is 108 Å². The standard InChI is InChI=1S/C26H16N2/c27-17-19-12-14-20(15-13-19)22-8-4-9-23(16-22)25-11-5-10-24(26(25)18-28)21-6-2-1-3-7-21/h1-16H. The van der Waals surface area contributed by atoms with Gasteiger partial charge in [0.05, 0.1) is 17.2 Å². The first-order valence-corrected chi connectivity index (χ1v) is 8.99. The van der Waals surface area contributed by atoms with Crippen molar-refractivity contribution >= 4 is 0 Å². The molecule has 28 heavy (non-hydrogen) atoms. The molecule has 0 spiro atoms. The Bertz CT molecular complexity index is 1210. The summed E-state index contributed by atoms with van der Waals surface area (Å²) >= 11 is 0. The van der Waals surface area contributed by atoms with Crippen LogP contribution in [0.2, 0.25) is 0 Å². The van der Waals surface area contributed by atoms with E-state index in [2.05, 4.69) is 18.2 Å². The maximum absolute atomic E-state index is 9.89. The lowest BCUT2D eigenvalue weighted by atomic mass is 9.91. The van der Waals surface area contributed by atoms with E-state index < -0.39 is 0 Å². The van der Waals surface area contributed by atoms with Gasteiger partial charge in [-0.15, -0.1) is 0 Å². The van der Waals surface area contributed by atoms with Crippen molar-refractivity contribution < 1.29 is 0 Å². The number of hydrogen-bond acceptors (Lipinski definition) is 2. The van der Waals surface area contributed by atoms with E-state index in [9.17, 15) is 5.26 Å². The van der Waals surface area contributed by atoms with E-state index in [-0.39, 0.29) is 0 Å². The number of benzene rings is 4. The van der Waals surface area contributed by atoms with Crippen molar-refractivity contribution in [1.82, 2.24) is 0 Å². The zero-order valence-electron chi connectivity index (χ0n) is 15.1. The monoisotopic (exact) mass is 356 g/mol. The molecule has 130 valence electrons. The van der Waals surface area contributed by atoms with Crippen LogP contribution in [0, 0.1) is 22.7 Å². The predicted octanol–water partition coefficient (Wildman–Crippen LogP) is 6.43. The molecule has 0 fully saturated rings. The van der Waals surface area contributed by atoms with Gasteiger partial charge in [-0.05, 0) is 40.5 Å². The SMILES string of the molecule is N#Cc1ccc(-c2cccc(-c3cccc(-c4ccccc4)c3C#N)c2)cc1. The van der Waals surface area contributed by atoms with Gasteiger partial charge in [-0.2, -0.15) is 10.5 Å². The van der Waals surface area contributed by atoms with Crippen LogP contribution in [0.5, 0.6) is 0 Å². The van der Waals surface area contributed by atoms with Crippen LogP contribution in [0.25, 0.3) is 33.4 Å². The highest BCUT2D eigenvalue weighted by Crippen LogP contribution is 2.33. The lowest BCUT2D eigenvalue weighted by Gasteiger charge is -2.11. The zero-order valence-corrected chi connectivity index (χ0v) is 15.1. The van der Waals surface area contributed by atoms with Gasteiger partial charge < -0.3 is 0 Å². The molecule has 4 aromatic carbocycles. The van der Waals surface area contributed by atoms with Gasteiger partial charge in [-0.25, -0.2) is 0 Å². The van der Waals surface area contributed by atoms with Crippen molar-refractivity contribution in [3.8, 4) is 45.5 Å². The van der Waals surface area contributed by atoms with Crippen LogP contribution in [-0.4, -0.2) is 0 Å². The molecule has 2 heteroatoms. The summed E-state index contributed by atoms with van der Waals surface area (Å²) in [5, 5.41) is 18.9. The third kappa shape index (κ3) is 3.28. The first kappa shape index (κ1) is 17.3. The van der Waals surface area contributed by atoms with Gasteiger partial charge in [-0.1, -0.05) is 78.9 Å². The van der Waals surface area contributed by atoms with Gasteiger partial charge in [-0.3, -0.25) is 0 Å². The van der Waals surface area contributed by atoms with Crippen LogP contribution in [0.4, 0.5) is 0 Å². The highest BCUT2D eigenvalue weighted by atomic mass is 14.3. The number of hydrogen-bond donors (Lipinski definition) is 0. The summed E-state index contributed by atoms with van der Waals surface area (Å²) in [6.07, 6.45) is 0. The smallest absolute Gasteiger partial charge is 0.100 e. The van der Waals surface area contributed by atoms with E-state index in [1.165, 1.54) is 0 Å².